The molecule has 0 fully saturated rings. The third-order valence-corrected chi connectivity index (χ3v) is 6.62. The van der Waals surface area contributed by atoms with Crippen molar-refractivity contribution in [2.45, 2.75) is 65.0 Å². The van der Waals surface area contributed by atoms with Gasteiger partial charge >= 0.3 is 8.56 Å². The third-order valence-electron chi connectivity index (χ3n) is 2.78. The van der Waals surface area contributed by atoms with Gasteiger partial charge < -0.3 is 14.6 Å². The zero-order valence-corrected chi connectivity index (χ0v) is 13.0. The van der Waals surface area contributed by atoms with Crippen molar-refractivity contribution < 1.29 is 8.85 Å². The van der Waals surface area contributed by atoms with Crippen LogP contribution < -0.4 is 5.73 Å². The third kappa shape index (κ3) is 7.92. The molecule has 0 aliphatic rings. The lowest BCUT2D eigenvalue weighted by Crippen LogP contribution is -2.42. The average molecular weight is 261 g/mol. The van der Waals surface area contributed by atoms with E-state index in [1.165, 1.54) is 0 Å². The van der Waals surface area contributed by atoms with Crippen molar-refractivity contribution in [2.24, 2.45) is 5.73 Å². The molecule has 0 aromatic rings. The van der Waals surface area contributed by atoms with Gasteiger partial charge in [0.05, 0.1) is 0 Å². The Morgan fingerprint density at radius 3 is 1.82 bits per heavy atom. The van der Waals surface area contributed by atoms with Crippen molar-refractivity contribution in [3.05, 3.63) is 0 Å². The molecule has 3 nitrogen and oxygen atoms in total. The Bertz CT molecular complexity index is 159. The second kappa shape index (κ2) is 11.2. The molecule has 0 aromatic heterocycles. The lowest BCUT2D eigenvalue weighted by molar-refractivity contribution is 0.166. The fourth-order valence-corrected chi connectivity index (χ4v) is 5.56. The Labute approximate surface area is 108 Å². The minimum Gasteiger partial charge on any atom is -0.394 e. The summed E-state index contributed by atoms with van der Waals surface area (Å²) < 4.78 is 12.3. The molecular formula is C13H31NO2Si. The normalized spacial score (nSPS) is 12.0. The minimum absolute atomic E-state index is 0.776. The number of rotatable bonds is 12. The maximum absolute atomic E-state index is 6.14. The number of unbranched alkanes of at least 4 members (excludes halogenated alkanes) is 1. The van der Waals surface area contributed by atoms with Crippen LogP contribution in [0.2, 0.25) is 12.1 Å². The van der Waals surface area contributed by atoms with Crippen LogP contribution in [-0.4, -0.2) is 28.3 Å². The first-order valence-electron chi connectivity index (χ1n) is 7.22. The minimum atomic E-state index is -1.93. The van der Waals surface area contributed by atoms with Crippen molar-refractivity contribution in [2.75, 3.05) is 19.8 Å². The summed E-state index contributed by atoms with van der Waals surface area (Å²) in [6.45, 7) is 9.00. The predicted octanol–water partition coefficient (Wildman–Crippen LogP) is 3.43. The molecule has 0 atom stereocenters. The highest BCUT2D eigenvalue weighted by Gasteiger charge is 2.35. The Hall–Kier alpha value is 0.0969. The Kier molecular flexibility index (Phi) is 11.3. The van der Waals surface area contributed by atoms with Crippen LogP contribution in [-0.2, 0) is 8.85 Å². The van der Waals surface area contributed by atoms with E-state index in [1.807, 2.05) is 0 Å². The molecule has 0 aromatic carbocycles. The number of hydrogen-bond acceptors (Lipinski definition) is 3. The summed E-state index contributed by atoms with van der Waals surface area (Å²) in [6.07, 6.45) is 5.54. The first-order chi connectivity index (χ1) is 8.24. The van der Waals surface area contributed by atoms with E-state index < -0.39 is 8.56 Å². The highest BCUT2D eigenvalue weighted by Crippen LogP contribution is 2.24. The summed E-state index contributed by atoms with van der Waals surface area (Å²) in [5.74, 6) is 0. The summed E-state index contributed by atoms with van der Waals surface area (Å²) >= 11 is 0. The molecule has 0 saturated carbocycles. The van der Waals surface area contributed by atoms with Crippen molar-refractivity contribution in [1.29, 1.82) is 0 Å². The molecule has 0 amide bonds. The first kappa shape index (κ1) is 17.1. The summed E-state index contributed by atoms with van der Waals surface area (Å²) in [6, 6.07) is 2.23. The van der Waals surface area contributed by atoms with Crippen LogP contribution in [0.15, 0.2) is 0 Å². The first-order valence-corrected chi connectivity index (χ1v) is 9.45. The van der Waals surface area contributed by atoms with E-state index in [9.17, 15) is 0 Å². The van der Waals surface area contributed by atoms with Crippen molar-refractivity contribution in [3.8, 4) is 0 Å². The predicted molar refractivity (Wildman–Crippen MR) is 76.4 cm³/mol. The van der Waals surface area contributed by atoms with Gasteiger partial charge in [0.2, 0.25) is 0 Å². The van der Waals surface area contributed by atoms with Gasteiger partial charge in [0.15, 0.2) is 0 Å². The van der Waals surface area contributed by atoms with E-state index in [0.29, 0.717) is 0 Å². The second-order valence-electron chi connectivity index (χ2n) is 4.60. The molecule has 17 heavy (non-hydrogen) atoms. The van der Waals surface area contributed by atoms with Gasteiger partial charge in [0.1, 0.15) is 0 Å². The van der Waals surface area contributed by atoms with E-state index in [2.05, 4.69) is 20.8 Å². The molecule has 0 aliphatic heterocycles. The van der Waals surface area contributed by atoms with Gasteiger partial charge in [-0.3, -0.25) is 0 Å². The molecule has 104 valence electrons. The lowest BCUT2D eigenvalue weighted by Gasteiger charge is -2.30. The Morgan fingerprint density at radius 1 is 0.824 bits per heavy atom. The Balaban J connectivity index is 4.32. The summed E-state index contributed by atoms with van der Waals surface area (Å²) in [4.78, 5) is 0. The van der Waals surface area contributed by atoms with Gasteiger partial charge in [0, 0.05) is 13.2 Å². The number of hydrogen-bond donors (Lipinski definition) is 1. The van der Waals surface area contributed by atoms with Crippen molar-refractivity contribution >= 4 is 8.56 Å². The highest BCUT2D eigenvalue weighted by atomic mass is 28.4. The summed E-state index contributed by atoms with van der Waals surface area (Å²) in [5, 5.41) is 0. The molecule has 0 aliphatic carbocycles. The van der Waals surface area contributed by atoms with Crippen LogP contribution in [0.25, 0.3) is 0 Å². The maximum Gasteiger partial charge on any atom is 0.338 e. The number of nitrogens with two attached hydrogens (primary N) is 1. The Morgan fingerprint density at radius 2 is 1.41 bits per heavy atom. The van der Waals surface area contributed by atoms with Crippen LogP contribution in [0.5, 0.6) is 0 Å². The monoisotopic (exact) mass is 261 g/mol. The quantitative estimate of drug-likeness (QED) is 0.432. The molecule has 4 heteroatoms. The standard InChI is InChI=1S/C13H31NO2Si/c1-4-10-15-17(12-6-3,16-11-5-2)13-8-7-9-14/h4-14H2,1-3H3. The summed E-state index contributed by atoms with van der Waals surface area (Å²) in [5.41, 5.74) is 5.57. The maximum atomic E-state index is 6.14. The fraction of sp³-hybridized carbons (Fsp3) is 1.00. The van der Waals surface area contributed by atoms with Crippen LogP contribution in [0.3, 0.4) is 0 Å². The van der Waals surface area contributed by atoms with Gasteiger partial charge in [-0.25, -0.2) is 0 Å². The van der Waals surface area contributed by atoms with Crippen LogP contribution >= 0.6 is 0 Å². The van der Waals surface area contributed by atoms with Gasteiger partial charge in [-0.05, 0) is 37.9 Å². The zero-order valence-electron chi connectivity index (χ0n) is 12.0. The van der Waals surface area contributed by atoms with Crippen LogP contribution in [0.1, 0.15) is 52.9 Å². The molecule has 0 rings (SSSR count). The van der Waals surface area contributed by atoms with Crippen molar-refractivity contribution in [1.82, 2.24) is 0 Å². The molecular weight excluding hydrogens is 230 g/mol. The van der Waals surface area contributed by atoms with Gasteiger partial charge in [-0.1, -0.05) is 33.6 Å². The van der Waals surface area contributed by atoms with E-state index in [-0.39, 0.29) is 0 Å². The van der Waals surface area contributed by atoms with E-state index in [1.54, 1.807) is 0 Å². The van der Waals surface area contributed by atoms with E-state index >= 15 is 0 Å². The smallest absolute Gasteiger partial charge is 0.338 e. The van der Waals surface area contributed by atoms with Gasteiger partial charge in [-0.2, -0.15) is 0 Å². The SMILES string of the molecule is CCCO[Si](CCC)(CCCCN)OCCC. The van der Waals surface area contributed by atoms with E-state index in [4.69, 9.17) is 14.6 Å². The molecule has 0 bridgehead atoms. The average Bonchev–Trinajstić information content (AvgIpc) is 2.34. The molecule has 0 radical (unpaired) electrons. The summed E-state index contributed by atoms with van der Waals surface area (Å²) in [7, 11) is -1.93. The largest absolute Gasteiger partial charge is 0.394 e. The molecule has 0 spiro atoms. The topological polar surface area (TPSA) is 44.5 Å². The molecule has 0 heterocycles. The zero-order chi connectivity index (χ0) is 13.0. The van der Waals surface area contributed by atoms with Crippen LogP contribution in [0.4, 0.5) is 0 Å². The second-order valence-corrected chi connectivity index (χ2v) is 8.00. The van der Waals surface area contributed by atoms with Crippen molar-refractivity contribution in [3.63, 3.8) is 0 Å². The molecule has 0 unspecified atom stereocenters. The molecule has 2 N–H and O–H groups in total. The fourth-order valence-electron chi connectivity index (χ4n) is 1.95. The van der Waals surface area contributed by atoms with Crippen LogP contribution in [0, 0.1) is 0 Å². The van der Waals surface area contributed by atoms with Gasteiger partial charge in [-0.15, -0.1) is 0 Å². The van der Waals surface area contributed by atoms with E-state index in [0.717, 1.165) is 64.0 Å². The van der Waals surface area contributed by atoms with Gasteiger partial charge in [0.25, 0.3) is 0 Å². The highest BCUT2D eigenvalue weighted by molar-refractivity contribution is 6.67. The lowest BCUT2D eigenvalue weighted by atomic mass is 10.3. The molecule has 0 saturated heterocycles.